The van der Waals surface area contributed by atoms with Crippen molar-refractivity contribution in [2.24, 2.45) is 5.92 Å². The molecule has 1 aliphatic heterocycles. The maximum absolute atomic E-state index is 12.8. The van der Waals surface area contributed by atoms with Gasteiger partial charge in [-0.1, -0.05) is 48.5 Å². The maximum Gasteiger partial charge on any atom is 0.246 e. The molecule has 5 heteroatoms. The SMILES string of the molecule is O=C(Nc1ccc2c(c1)oc1ccccc12)C1CCN(C(=O)/C=C/c2ccccc2)CC1. The molecule has 2 heterocycles. The Bertz CT molecular complexity index is 1300. The predicted octanol–water partition coefficient (Wildman–Crippen LogP) is 5.48. The molecule has 1 fully saturated rings. The van der Waals surface area contributed by atoms with E-state index < -0.39 is 0 Å². The molecule has 0 unspecified atom stereocenters. The van der Waals surface area contributed by atoms with Crippen molar-refractivity contribution < 1.29 is 14.0 Å². The molecule has 5 nitrogen and oxygen atoms in total. The molecule has 0 radical (unpaired) electrons. The van der Waals surface area contributed by atoms with Gasteiger partial charge >= 0.3 is 0 Å². The molecule has 0 atom stereocenters. The van der Waals surface area contributed by atoms with Crippen molar-refractivity contribution in [1.82, 2.24) is 4.90 Å². The summed E-state index contributed by atoms with van der Waals surface area (Å²) in [5.74, 6) is -0.126. The minimum absolute atomic E-state index is 0.00705. The number of rotatable bonds is 4. The molecule has 4 aromatic rings. The van der Waals surface area contributed by atoms with E-state index in [0.717, 1.165) is 33.2 Å². The van der Waals surface area contributed by atoms with E-state index in [2.05, 4.69) is 5.32 Å². The van der Waals surface area contributed by atoms with Crippen LogP contribution >= 0.6 is 0 Å². The summed E-state index contributed by atoms with van der Waals surface area (Å²) < 4.78 is 5.91. The standard InChI is InChI=1S/C27H24N2O3/c30-26(13-10-19-6-2-1-3-7-19)29-16-14-20(15-17-29)27(31)28-21-11-12-23-22-8-4-5-9-24(22)32-25(23)18-21/h1-13,18,20H,14-17H2,(H,28,31)/b13-10+. The van der Waals surface area contributed by atoms with Crippen LogP contribution in [0.5, 0.6) is 0 Å². The van der Waals surface area contributed by atoms with Crippen LogP contribution in [0.15, 0.2) is 83.3 Å². The normalized spacial score (nSPS) is 14.9. The molecular formula is C27H24N2O3. The number of para-hydroxylation sites is 1. The van der Waals surface area contributed by atoms with Gasteiger partial charge in [-0.25, -0.2) is 0 Å². The van der Waals surface area contributed by atoms with Gasteiger partial charge in [0.1, 0.15) is 11.2 Å². The van der Waals surface area contributed by atoms with Crippen LogP contribution in [0.1, 0.15) is 18.4 Å². The van der Waals surface area contributed by atoms with Crippen molar-refractivity contribution in [3.05, 3.63) is 84.4 Å². The van der Waals surface area contributed by atoms with Gasteiger partial charge in [-0.15, -0.1) is 0 Å². The molecule has 160 valence electrons. The van der Waals surface area contributed by atoms with Crippen LogP contribution in [-0.4, -0.2) is 29.8 Å². The molecule has 0 aliphatic carbocycles. The molecular weight excluding hydrogens is 400 g/mol. The Morgan fingerprint density at radius 3 is 2.41 bits per heavy atom. The number of hydrogen-bond donors (Lipinski definition) is 1. The van der Waals surface area contributed by atoms with Gasteiger partial charge in [-0.2, -0.15) is 0 Å². The number of nitrogens with zero attached hydrogens (tertiary/aromatic N) is 1. The van der Waals surface area contributed by atoms with Crippen molar-refractivity contribution in [2.75, 3.05) is 18.4 Å². The van der Waals surface area contributed by atoms with Crippen LogP contribution in [0.4, 0.5) is 5.69 Å². The van der Waals surface area contributed by atoms with E-state index in [1.807, 2.05) is 83.8 Å². The molecule has 1 saturated heterocycles. The second-order valence-corrected chi connectivity index (χ2v) is 8.14. The average molecular weight is 425 g/mol. The predicted molar refractivity (Wildman–Crippen MR) is 127 cm³/mol. The van der Waals surface area contributed by atoms with E-state index >= 15 is 0 Å². The van der Waals surface area contributed by atoms with E-state index in [0.29, 0.717) is 25.9 Å². The average Bonchev–Trinajstić information content (AvgIpc) is 3.21. The number of carbonyl (C=O) groups is 2. The first-order valence-corrected chi connectivity index (χ1v) is 10.9. The molecule has 0 saturated carbocycles. The summed E-state index contributed by atoms with van der Waals surface area (Å²) in [6.07, 6.45) is 4.75. The van der Waals surface area contributed by atoms with Gasteiger partial charge in [0.25, 0.3) is 0 Å². The van der Waals surface area contributed by atoms with Crippen molar-refractivity contribution in [2.45, 2.75) is 12.8 Å². The number of piperidine rings is 1. The highest BCUT2D eigenvalue weighted by molar-refractivity contribution is 6.06. The Balaban J connectivity index is 1.19. The Morgan fingerprint density at radius 1 is 0.875 bits per heavy atom. The lowest BCUT2D eigenvalue weighted by Crippen LogP contribution is -2.40. The highest BCUT2D eigenvalue weighted by atomic mass is 16.3. The van der Waals surface area contributed by atoms with Crippen molar-refractivity contribution >= 4 is 45.5 Å². The minimum Gasteiger partial charge on any atom is -0.456 e. The van der Waals surface area contributed by atoms with Gasteiger partial charge in [0.2, 0.25) is 11.8 Å². The lowest BCUT2D eigenvalue weighted by atomic mass is 9.95. The van der Waals surface area contributed by atoms with Crippen LogP contribution in [0.2, 0.25) is 0 Å². The van der Waals surface area contributed by atoms with Crippen molar-refractivity contribution in [3.8, 4) is 0 Å². The highest BCUT2D eigenvalue weighted by Crippen LogP contribution is 2.30. The lowest BCUT2D eigenvalue weighted by Gasteiger charge is -2.30. The number of likely N-dealkylation sites (tertiary alicyclic amines) is 1. The van der Waals surface area contributed by atoms with Crippen LogP contribution in [0, 0.1) is 5.92 Å². The monoisotopic (exact) mass is 424 g/mol. The second kappa shape index (κ2) is 8.71. The maximum atomic E-state index is 12.8. The number of nitrogens with one attached hydrogen (secondary N) is 1. The fourth-order valence-corrected chi connectivity index (χ4v) is 4.25. The van der Waals surface area contributed by atoms with Gasteiger partial charge in [-0.05, 0) is 42.7 Å². The molecule has 2 amide bonds. The summed E-state index contributed by atoms with van der Waals surface area (Å²) >= 11 is 0. The summed E-state index contributed by atoms with van der Waals surface area (Å²) in [5.41, 5.74) is 3.32. The first-order valence-electron chi connectivity index (χ1n) is 10.9. The molecule has 0 spiro atoms. The Hall–Kier alpha value is -3.86. The summed E-state index contributed by atoms with van der Waals surface area (Å²) in [5, 5.41) is 5.13. The second-order valence-electron chi connectivity index (χ2n) is 8.14. The van der Waals surface area contributed by atoms with Gasteiger partial charge in [-0.3, -0.25) is 9.59 Å². The van der Waals surface area contributed by atoms with Gasteiger partial charge < -0.3 is 14.6 Å². The first-order chi connectivity index (χ1) is 15.7. The van der Waals surface area contributed by atoms with E-state index in [1.54, 1.807) is 6.08 Å². The van der Waals surface area contributed by atoms with E-state index in [-0.39, 0.29) is 17.7 Å². The first kappa shape index (κ1) is 20.1. The fourth-order valence-electron chi connectivity index (χ4n) is 4.25. The third kappa shape index (κ3) is 4.14. The molecule has 3 aromatic carbocycles. The number of anilines is 1. The number of furan rings is 1. The zero-order valence-corrected chi connectivity index (χ0v) is 17.7. The van der Waals surface area contributed by atoms with Crippen LogP contribution in [0.25, 0.3) is 28.0 Å². The molecule has 0 bridgehead atoms. The van der Waals surface area contributed by atoms with Crippen LogP contribution < -0.4 is 5.32 Å². The molecule has 5 rings (SSSR count). The van der Waals surface area contributed by atoms with Crippen LogP contribution in [-0.2, 0) is 9.59 Å². The molecule has 32 heavy (non-hydrogen) atoms. The zero-order valence-electron chi connectivity index (χ0n) is 17.7. The smallest absolute Gasteiger partial charge is 0.246 e. The third-order valence-electron chi connectivity index (χ3n) is 6.04. The van der Waals surface area contributed by atoms with E-state index in [9.17, 15) is 9.59 Å². The summed E-state index contributed by atoms with van der Waals surface area (Å²) in [4.78, 5) is 27.1. The van der Waals surface area contributed by atoms with E-state index in [1.165, 1.54) is 0 Å². The Kier molecular flexibility index (Phi) is 5.46. The Morgan fingerprint density at radius 2 is 1.59 bits per heavy atom. The highest BCUT2D eigenvalue weighted by Gasteiger charge is 2.26. The number of carbonyl (C=O) groups excluding carboxylic acids is 2. The van der Waals surface area contributed by atoms with Gasteiger partial charge in [0.05, 0.1) is 0 Å². The van der Waals surface area contributed by atoms with Crippen molar-refractivity contribution in [1.29, 1.82) is 0 Å². The van der Waals surface area contributed by atoms with Crippen LogP contribution in [0.3, 0.4) is 0 Å². The van der Waals surface area contributed by atoms with Gasteiger partial charge in [0, 0.05) is 47.6 Å². The molecule has 1 aliphatic rings. The lowest BCUT2D eigenvalue weighted by molar-refractivity contribution is -0.130. The molecule has 1 aromatic heterocycles. The number of benzene rings is 3. The number of fused-ring (bicyclic) bond motifs is 3. The molecule has 1 N–H and O–H groups in total. The van der Waals surface area contributed by atoms with Gasteiger partial charge in [0.15, 0.2) is 0 Å². The van der Waals surface area contributed by atoms with E-state index in [4.69, 9.17) is 4.42 Å². The number of hydrogen-bond acceptors (Lipinski definition) is 3. The minimum atomic E-state index is -0.108. The Labute approximate surface area is 186 Å². The fraction of sp³-hybridized carbons (Fsp3) is 0.185. The van der Waals surface area contributed by atoms with Crippen molar-refractivity contribution in [3.63, 3.8) is 0 Å². The number of amides is 2. The summed E-state index contributed by atoms with van der Waals surface area (Å²) in [7, 11) is 0. The topological polar surface area (TPSA) is 62.6 Å². The third-order valence-corrected chi connectivity index (χ3v) is 6.04. The summed E-state index contributed by atoms with van der Waals surface area (Å²) in [6, 6.07) is 23.4. The quantitative estimate of drug-likeness (QED) is 0.442. The largest absolute Gasteiger partial charge is 0.456 e. The summed E-state index contributed by atoms with van der Waals surface area (Å²) in [6.45, 7) is 1.16. The zero-order chi connectivity index (χ0) is 21.9.